The maximum absolute atomic E-state index is 11.8. The van der Waals surface area contributed by atoms with Gasteiger partial charge in [0.2, 0.25) is 0 Å². The van der Waals surface area contributed by atoms with Gasteiger partial charge in [-0.1, -0.05) is 26.7 Å². The van der Waals surface area contributed by atoms with Crippen LogP contribution in [0.5, 0.6) is 0 Å². The number of hydrogen-bond donors (Lipinski definition) is 0. The Morgan fingerprint density at radius 2 is 2.00 bits per heavy atom. The molecule has 0 spiro atoms. The molecule has 0 saturated heterocycles. The van der Waals surface area contributed by atoms with Crippen molar-refractivity contribution in [1.82, 2.24) is 0 Å². The molecule has 0 radical (unpaired) electrons. The average molecular weight is 198 g/mol. The van der Waals surface area contributed by atoms with E-state index in [2.05, 4.69) is 13.8 Å². The van der Waals surface area contributed by atoms with Gasteiger partial charge in [-0.3, -0.25) is 4.79 Å². The first-order valence-corrected chi connectivity index (χ1v) is 5.88. The molecule has 1 aliphatic carbocycles. The van der Waals surface area contributed by atoms with Crippen LogP contribution in [0, 0.1) is 11.3 Å². The predicted molar refractivity (Wildman–Crippen MR) is 57.0 cm³/mol. The van der Waals surface area contributed by atoms with E-state index in [9.17, 15) is 4.79 Å². The second kappa shape index (κ2) is 4.81. The first kappa shape index (κ1) is 11.5. The Morgan fingerprint density at radius 3 is 2.36 bits per heavy atom. The number of hydrogen-bond acceptors (Lipinski definition) is 2. The summed E-state index contributed by atoms with van der Waals surface area (Å²) in [7, 11) is 0. The molecule has 1 unspecified atom stereocenters. The molecule has 0 aliphatic heterocycles. The SMILES string of the molecule is CCCC(CC)C1(C(=O)OCC)CC1. The van der Waals surface area contributed by atoms with Crippen LogP contribution in [0.2, 0.25) is 0 Å². The van der Waals surface area contributed by atoms with Crippen LogP contribution < -0.4 is 0 Å². The monoisotopic (exact) mass is 198 g/mol. The molecule has 0 aromatic rings. The minimum Gasteiger partial charge on any atom is -0.466 e. The number of ether oxygens (including phenoxy) is 1. The lowest BCUT2D eigenvalue weighted by atomic mass is 9.83. The van der Waals surface area contributed by atoms with Gasteiger partial charge < -0.3 is 4.74 Å². The van der Waals surface area contributed by atoms with Gasteiger partial charge in [-0.05, 0) is 32.1 Å². The summed E-state index contributed by atoms with van der Waals surface area (Å²) in [6, 6.07) is 0. The molecule has 14 heavy (non-hydrogen) atoms. The number of carbonyl (C=O) groups is 1. The minimum atomic E-state index is -0.0826. The van der Waals surface area contributed by atoms with Gasteiger partial charge in [0, 0.05) is 0 Å². The molecule has 82 valence electrons. The topological polar surface area (TPSA) is 26.3 Å². The lowest BCUT2D eigenvalue weighted by Crippen LogP contribution is -2.27. The summed E-state index contributed by atoms with van der Waals surface area (Å²) >= 11 is 0. The largest absolute Gasteiger partial charge is 0.466 e. The van der Waals surface area contributed by atoms with Crippen molar-refractivity contribution in [1.29, 1.82) is 0 Å². The summed E-state index contributed by atoms with van der Waals surface area (Å²) in [6.07, 6.45) is 5.52. The quantitative estimate of drug-likeness (QED) is 0.613. The molecule has 0 amide bonds. The highest BCUT2D eigenvalue weighted by molar-refractivity contribution is 5.80. The normalized spacial score (nSPS) is 20.2. The van der Waals surface area contributed by atoms with Crippen LogP contribution in [0.15, 0.2) is 0 Å². The van der Waals surface area contributed by atoms with Gasteiger partial charge in [-0.15, -0.1) is 0 Å². The van der Waals surface area contributed by atoms with Gasteiger partial charge in [0.1, 0.15) is 0 Å². The summed E-state index contributed by atoms with van der Waals surface area (Å²) in [5.41, 5.74) is -0.0826. The molecular weight excluding hydrogens is 176 g/mol. The Hall–Kier alpha value is -0.530. The Labute approximate surface area is 87.0 Å². The highest BCUT2D eigenvalue weighted by Gasteiger charge is 2.55. The van der Waals surface area contributed by atoms with Crippen LogP contribution in [0.1, 0.15) is 52.9 Å². The lowest BCUT2D eigenvalue weighted by molar-refractivity contribution is -0.152. The number of carbonyl (C=O) groups excluding carboxylic acids is 1. The zero-order chi connectivity index (χ0) is 10.6. The summed E-state index contributed by atoms with van der Waals surface area (Å²) in [6.45, 7) is 6.77. The van der Waals surface area contributed by atoms with E-state index in [1.54, 1.807) is 0 Å². The molecule has 1 rings (SSSR count). The molecule has 0 bridgehead atoms. The van der Waals surface area contributed by atoms with E-state index in [-0.39, 0.29) is 11.4 Å². The van der Waals surface area contributed by atoms with Crippen LogP contribution in [0.4, 0.5) is 0 Å². The van der Waals surface area contributed by atoms with Crippen molar-refractivity contribution < 1.29 is 9.53 Å². The van der Waals surface area contributed by atoms with Crippen LogP contribution in [0.25, 0.3) is 0 Å². The van der Waals surface area contributed by atoms with Crippen molar-refractivity contribution in [3.63, 3.8) is 0 Å². The summed E-state index contributed by atoms with van der Waals surface area (Å²) in [5.74, 6) is 0.604. The van der Waals surface area contributed by atoms with Crippen molar-refractivity contribution >= 4 is 5.97 Å². The van der Waals surface area contributed by atoms with Gasteiger partial charge in [0.05, 0.1) is 12.0 Å². The molecule has 0 aromatic carbocycles. The standard InChI is InChI=1S/C12H22O2/c1-4-7-10(5-2)12(8-9-12)11(13)14-6-3/h10H,4-9H2,1-3H3. The highest BCUT2D eigenvalue weighted by Crippen LogP contribution is 2.55. The van der Waals surface area contributed by atoms with Crippen LogP contribution in [-0.4, -0.2) is 12.6 Å². The van der Waals surface area contributed by atoms with Crippen molar-refractivity contribution in [2.45, 2.75) is 52.9 Å². The second-order valence-electron chi connectivity index (χ2n) is 4.27. The molecule has 1 aliphatic rings. The van der Waals surface area contributed by atoms with Gasteiger partial charge in [-0.25, -0.2) is 0 Å². The summed E-state index contributed by atoms with van der Waals surface area (Å²) in [5, 5.41) is 0. The van der Waals surface area contributed by atoms with Crippen LogP contribution in [0.3, 0.4) is 0 Å². The van der Waals surface area contributed by atoms with Gasteiger partial charge in [-0.2, -0.15) is 0 Å². The zero-order valence-electron chi connectivity index (χ0n) is 9.64. The second-order valence-corrected chi connectivity index (χ2v) is 4.27. The third-order valence-corrected chi connectivity index (χ3v) is 3.38. The van der Waals surface area contributed by atoms with Crippen molar-refractivity contribution in [2.75, 3.05) is 6.61 Å². The third kappa shape index (κ3) is 2.10. The molecule has 1 saturated carbocycles. The molecule has 0 heterocycles. The van der Waals surface area contributed by atoms with Gasteiger partial charge in [0.25, 0.3) is 0 Å². The smallest absolute Gasteiger partial charge is 0.312 e. The predicted octanol–water partition coefficient (Wildman–Crippen LogP) is 3.16. The number of rotatable bonds is 6. The highest BCUT2D eigenvalue weighted by atomic mass is 16.5. The first-order valence-electron chi connectivity index (χ1n) is 5.88. The number of esters is 1. The molecule has 0 aromatic heterocycles. The molecule has 1 atom stereocenters. The fraction of sp³-hybridized carbons (Fsp3) is 0.917. The van der Waals surface area contributed by atoms with Crippen LogP contribution >= 0.6 is 0 Å². The van der Waals surface area contributed by atoms with E-state index in [1.807, 2.05) is 6.92 Å². The van der Waals surface area contributed by atoms with E-state index in [0.717, 1.165) is 25.7 Å². The van der Waals surface area contributed by atoms with Crippen molar-refractivity contribution in [3.8, 4) is 0 Å². The maximum atomic E-state index is 11.8. The average Bonchev–Trinajstić information content (AvgIpc) is 2.95. The third-order valence-electron chi connectivity index (χ3n) is 3.38. The summed E-state index contributed by atoms with van der Waals surface area (Å²) in [4.78, 5) is 11.8. The lowest BCUT2D eigenvalue weighted by Gasteiger charge is -2.23. The molecule has 1 fully saturated rings. The van der Waals surface area contributed by atoms with Gasteiger partial charge >= 0.3 is 5.97 Å². The van der Waals surface area contributed by atoms with E-state index < -0.39 is 0 Å². The fourth-order valence-electron chi connectivity index (χ4n) is 2.41. The first-order chi connectivity index (χ1) is 6.71. The maximum Gasteiger partial charge on any atom is 0.312 e. The molecule has 0 N–H and O–H groups in total. The molecular formula is C12H22O2. The molecule has 2 nitrogen and oxygen atoms in total. The fourth-order valence-corrected chi connectivity index (χ4v) is 2.41. The Kier molecular flexibility index (Phi) is 3.97. The Balaban J connectivity index is 2.58. The Morgan fingerprint density at radius 1 is 1.36 bits per heavy atom. The van der Waals surface area contributed by atoms with E-state index in [4.69, 9.17) is 4.74 Å². The van der Waals surface area contributed by atoms with E-state index in [1.165, 1.54) is 6.42 Å². The van der Waals surface area contributed by atoms with Gasteiger partial charge in [0.15, 0.2) is 0 Å². The zero-order valence-corrected chi connectivity index (χ0v) is 9.64. The van der Waals surface area contributed by atoms with E-state index >= 15 is 0 Å². The summed E-state index contributed by atoms with van der Waals surface area (Å²) < 4.78 is 5.16. The Bertz CT molecular complexity index is 194. The molecule has 2 heteroatoms. The van der Waals surface area contributed by atoms with Crippen molar-refractivity contribution in [2.24, 2.45) is 11.3 Å². The van der Waals surface area contributed by atoms with Crippen LogP contribution in [-0.2, 0) is 9.53 Å². The van der Waals surface area contributed by atoms with E-state index in [0.29, 0.717) is 12.5 Å². The minimum absolute atomic E-state index is 0.0558. The van der Waals surface area contributed by atoms with Crippen molar-refractivity contribution in [3.05, 3.63) is 0 Å².